The van der Waals surface area contributed by atoms with E-state index in [0.29, 0.717) is 30.8 Å². The number of nitrogens with zero attached hydrogens (tertiary/aromatic N) is 4. The van der Waals surface area contributed by atoms with Crippen LogP contribution in [0.4, 0.5) is 13.9 Å². The average Bonchev–Trinajstić information content (AvgIpc) is 3.25. The van der Waals surface area contributed by atoms with Gasteiger partial charge in [-0.1, -0.05) is 17.8 Å². The second-order valence-electron chi connectivity index (χ2n) is 9.33. The van der Waals surface area contributed by atoms with Crippen molar-refractivity contribution in [2.45, 2.75) is 43.5 Å². The molecular weight excluding hydrogens is 506 g/mol. The van der Waals surface area contributed by atoms with Crippen LogP contribution in [0.3, 0.4) is 0 Å². The van der Waals surface area contributed by atoms with E-state index in [-0.39, 0.29) is 33.1 Å². The Balaban J connectivity index is 1.63. The predicted molar refractivity (Wildman–Crippen MR) is 138 cm³/mol. The van der Waals surface area contributed by atoms with Crippen molar-refractivity contribution in [3.63, 3.8) is 0 Å². The van der Waals surface area contributed by atoms with E-state index in [1.54, 1.807) is 0 Å². The van der Waals surface area contributed by atoms with Crippen molar-refractivity contribution >= 4 is 42.6 Å². The van der Waals surface area contributed by atoms with Gasteiger partial charge in [0.05, 0.1) is 9.60 Å². The lowest BCUT2D eigenvalue weighted by Gasteiger charge is -2.32. The summed E-state index contributed by atoms with van der Waals surface area (Å²) >= 11 is 1.04. The first-order valence-electron chi connectivity index (χ1n) is 11.9. The zero-order valence-corrected chi connectivity index (χ0v) is 22.2. The molecule has 2 heterocycles. The van der Waals surface area contributed by atoms with Gasteiger partial charge in [-0.25, -0.2) is 22.2 Å². The molecule has 1 aromatic heterocycles. The molecule has 194 valence electrons. The van der Waals surface area contributed by atoms with E-state index in [4.69, 9.17) is 0 Å². The maximum atomic E-state index is 14.3. The van der Waals surface area contributed by atoms with Crippen LogP contribution in [0.25, 0.3) is 10.2 Å². The van der Waals surface area contributed by atoms with E-state index < -0.39 is 21.7 Å². The van der Waals surface area contributed by atoms with Gasteiger partial charge >= 0.3 is 0 Å². The van der Waals surface area contributed by atoms with Crippen molar-refractivity contribution in [1.29, 1.82) is 0 Å². The lowest BCUT2D eigenvalue weighted by Crippen LogP contribution is -2.41. The van der Waals surface area contributed by atoms with E-state index in [1.165, 1.54) is 39.5 Å². The van der Waals surface area contributed by atoms with Gasteiger partial charge in [-0.3, -0.25) is 9.69 Å². The van der Waals surface area contributed by atoms with Crippen LogP contribution in [0.2, 0.25) is 0 Å². The quantitative estimate of drug-likeness (QED) is 0.416. The number of carbonyl (C=O) groups excluding carboxylic acids is 1. The summed E-state index contributed by atoms with van der Waals surface area (Å²) in [5.74, 6) is -1.88. The number of aromatic nitrogens is 1. The maximum absolute atomic E-state index is 14.3. The van der Waals surface area contributed by atoms with Crippen LogP contribution in [0.1, 0.15) is 43.0 Å². The van der Waals surface area contributed by atoms with Crippen molar-refractivity contribution in [1.82, 2.24) is 14.2 Å². The molecule has 36 heavy (non-hydrogen) atoms. The molecule has 11 heteroatoms. The van der Waals surface area contributed by atoms with Gasteiger partial charge in [-0.2, -0.15) is 4.31 Å². The summed E-state index contributed by atoms with van der Waals surface area (Å²) in [6.07, 6.45) is 3.29. The molecule has 3 aromatic rings. The van der Waals surface area contributed by atoms with Crippen molar-refractivity contribution in [3.05, 3.63) is 53.6 Å². The number of piperidine rings is 1. The number of benzene rings is 2. The molecule has 1 aliphatic rings. The average molecular weight is 537 g/mol. The molecule has 0 saturated carbocycles. The first kappa shape index (κ1) is 26.6. The Labute approximate surface area is 214 Å². The fourth-order valence-corrected chi connectivity index (χ4v) is 7.11. The van der Waals surface area contributed by atoms with Gasteiger partial charge < -0.3 is 4.90 Å². The molecule has 1 saturated heterocycles. The lowest BCUT2D eigenvalue weighted by molar-refractivity contribution is 0.0986. The molecular formula is C25H30F2N4O3S2. The zero-order chi connectivity index (χ0) is 26.0. The molecule has 1 atom stereocenters. The first-order valence-corrected chi connectivity index (χ1v) is 14.2. The van der Waals surface area contributed by atoms with Gasteiger partial charge in [-0.05, 0) is 77.2 Å². The zero-order valence-electron chi connectivity index (χ0n) is 20.6. The van der Waals surface area contributed by atoms with E-state index in [0.717, 1.165) is 36.7 Å². The number of amides is 1. The summed E-state index contributed by atoms with van der Waals surface area (Å²) in [5, 5.41) is 0.261. The van der Waals surface area contributed by atoms with Gasteiger partial charge in [0.1, 0.15) is 11.3 Å². The Morgan fingerprint density at radius 3 is 2.53 bits per heavy atom. The lowest BCUT2D eigenvalue weighted by atomic mass is 10.1. The van der Waals surface area contributed by atoms with Crippen LogP contribution >= 0.6 is 11.3 Å². The molecule has 4 rings (SSSR count). The number of sulfonamides is 1. The van der Waals surface area contributed by atoms with Crippen LogP contribution in [-0.2, 0) is 10.0 Å². The first-order chi connectivity index (χ1) is 17.1. The van der Waals surface area contributed by atoms with E-state index in [2.05, 4.69) is 4.98 Å². The number of thiazole rings is 1. The summed E-state index contributed by atoms with van der Waals surface area (Å²) in [4.78, 5) is 21.4. The third kappa shape index (κ3) is 5.59. The number of hydrogen-bond donors (Lipinski definition) is 0. The van der Waals surface area contributed by atoms with Crippen molar-refractivity contribution in [3.8, 4) is 0 Å². The fourth-order valence-electron chi connectivity index (χ4n) is 4.38. The van der Waals surface area contributed by atoms with Gasteiger partial charge in [0.25, 0.3) is 5.91 Å². The van der Waals surface area contributed by atoms with Crippen molar-refractivity contribution in [2.24, 2.45) is 0 Å². The number of hydrogen-bond acceptors (Lipinski definition) is 6. The number of rotatable bonds is 8. The summed E-state index contributed by atoms with van der Waals surface area (Å²) < 4.78 is 56.1. The number of halogens is 2. The Kier molecular flexibility index (Phi) is 8.03. The summed E-state index contributed by atoms with van der Waals surface area (Å²) in [7, 11) is 0.181. The Morgan fingerprint density at radius 2 is 1.86 bits per heavy atom. The molecule has 1 amide bonds. The third-order valence-electron chi connectivity index (χ3n) is 6.31. The molecule has 7 nitrogen and oxygen atoms in total. The Bertz CT molecular complexity index is 1340. The predicted octanol–water partition coefficient (Wildman–Crippen LogP) is 4.74. The van der Waals surface area contributed by atoms with Gasteiger partial charge in [0, 0.05) is 30.8 Å². The van der Waals surface area contributed by atoms with Crippen LogP contribution in [0.15, 0.2) is 41.3 Å². The topological polar surface area (TPSA) is 73.8 Å². The SMILES string of the molecule is CC1CCCCN1S(=O)(=O)c1ccc(C(=O)N(CCCN(C)C)c2nc3c(F)cc(F)cc3s2)cc1. The van der Waals surface area contributed by atoms with Crippen LogP contribution in [-0.4, -0.2) is 68.3 Å². The highest BCUT2D eigenvalue weighted by molar-refractivity contribution is 7.89. The van der Waals surface area contributed by atoms with Crippen LogP contribution < -0.4 is 4.90 Å². The summed E-state index contributed by atoms with van der Waals surface area (Å²) in [6, 6.07) is 7.80. The fraction of sp³-hybridized carbons (Fsp3) is 0.440. The summed E-state index contributed by atoms with van der Waals surface area (Å²) in [6.45, 7) is 3.42. The number of fused-ring (bicyclic) bond motifs is 1. The molecule has 2 aromatic carbocycles. The molecule has 0 N–H and O–H groups in total. The molecule has 0 radical (unpaired) electrons. The molecule has 1 unspecified atom stereocenters. The van der Waals surface area contributed by atoms with Crippen LogP contribution in [0, 0.1) is 11.6 Å². The number of carbonyl (C=O) groups is 1. The van der Waals surface area contributed by atoms with E-state index in [9.17, 15) is 22.0 Å². The molecule has 0 aliphatic carbocycles. The maximum Gasteiger partial charge on any atom is 0.260 e. The highest BCUT2D eigenvalue weighted by atomic mass is 32.2. The monoisotopic (exact) mass is 536 g/mol. The minimum absolute atomic E-state index is 0.0129. The highest BCUT2D eigenvalue weighted by Gasteiger charge is 2.31. The largest absolute Gasteiger partial charge is 0.309 e. The van der Waals surface area contributed by atoms with Gasteiger partial charge in [0.15, 0.2) is 10.9 Å². The molecule has 0 spiro atoms. The van der Waals surface area contributed by atoms with E-state index >= 15 is 0 Å². The second kappa shape index (κ2) is 10.9. The van der Waals surface area contributed by atoms with Gasteiger partial charge in [0.2, 0.25) is 10.0 Å². The second-order valence-corrected chi connectivity index (χ2v) is 12.2. The highest BCUT2D eigenvalue weighted by Crippen LogP contribution is 2.32. The molecule has 1 aliphatic heterocycles. The third-order valence-corrected chi connectivity index (χ3v) is 9.37. The Hall–Kier alpha value is -2.47. The van der Waals surface area contributed by atoms with Crippen LogP contribution in [0.5, 0.6) is 0 Å². The normalized spacial score (nSPS) is 17.1. The standard InChI is InChI=1S/C25H30F2N4O3S2/c1-17-7-4-5-14-31(17)36(33,34)20-10-8-18(9-11-20)24(32)30(13-6-12-29(2)3)25-28-23-21(27)15-19(26)16-22(23)35-25/h8-11,15-17H,4-7,12-14H2,1-3H3. The minimum atomic E-state index is -3.66. The minimum Gasteiger partial charge on any atom is -0.309 e. The van der Waals surface area contributed by atoms with E-state index in [1.807, 2.05) is 25.9 Å². The smallest absolute Gasteiger partial charge is 0.260 e. The number of anilines is 1. The van der Waals surface area contributed by atoms with Gasteiger partial charge in [-0.15, -0.1) is 0 Å². The Morgan fingerprint density at radius 1 is 1.14 bits per heavy atom. The molecule has 0 bridgehead atoms. The van der Waals surface area contributed by atoms with Crippen molar-refractivity contribution in [2.75, 3.05) is 38.6 Å². The molecule has 1 fully saturated rings. The summed E-state index contributed by atoms with van der Waals surface area (Å²) in [5.41, 5.74) is 0.301. The van der Waals surface area contributed by atoms with Crippen molar-refractivity contribution < 1.29 is 22.0 Å².